The van der Waals surface area contributed by atoms with Gasteiger partial charge in [0.25, 0.3) is 5.56 Å². The van der Waals surface area contributed by atoms with Crippen molar-refractivity contribution in [2.75, 3.05) is 12.4 Å². The van der Waals surface area contributed by atoms with Gasteiger partial charge in [0.1, 0.15) is 5.82 Å². The number of benzene rings is 1. The average Bonchev–Trinajstić information content (AvgIpc) is 2.96. The molecule has 130 valence electrons. The van der Waals surface area contributed by atoms with Gasteiger partial charge >= 0.3 is 0 Å². The molecule has 0 spiro atoms. The minimum Gasteiger partial charge on any atom is -0.504 e. The van der Waals surface area contributed by atoms with Crippen LogP contribution in [0.3, 0.4) is 0 Å². The van der Waals surface area contributed by atoms with Gasteiger partial charge < -0.3 is 15.2 Å². The van der Waals surface area contributed by atoms with Crippen molar-refractivity contribution < 1.29 is 14.6 Å². The van der Waals surface area contributed by atoms with E-state index < -0.39 is 5.92 Å². The fourth-order valence-corrected chi connectivity index (χ4v) is 4.24. The number of H-pyrrole nitrogens is 2. The van der Waals surface area contributed by atoms with E-state index in [-0.39, 0.29) is 17.1 Å². The molecule has 0 saturated heterocycles. The first-order valence-corrected chi connectivity index (χ1v) is 8.99. The van der Waals surface area contributed by atoms with Crippen LogP contribution in [0.5, 0.6) is 11.5 Å². The molecule has 25 heavy (non-hydrogen) atoms. The summed E-state index contributed by atoms with van der Waals surface area (Å²) in [5.41, 5.74) is 2.45. The maximum absolute atomic E-state index is 12.7. The van der Waals surface area contributed by atoms with Crippen LogP contribution in [0.2, 0.25) is 0 Å². The second-order valence-corrected chi connectivity index (χ2v) is 7.31. The number of aromatic amines is 2. The van der Waals surface area contributed by atoms with Crippen LogP contribution in [0.25, 0.3) is 0 Å². The molecule has 1 aromatic heterocycles. The molecule has 2 aliphatic rings. The molecule has 1 aliphatic carbocycles. The molecule has 0 unspecified atom stereocenters. The van der Waals surface area contributed by atoms with Gasteiger partial charge in [-0.1, -0.05) is 0 Å². The number of Topliss-reactive ketones (excluding diaryl/α,β-unsaturated/α-hetero) is 1. The van der Waals surface area contributed by atoms with E-state index in [1.54, 1.807) is 12.1 Å². The lowest BCUT2D eigenvalue weighted by Gasteiger charge is -2.31. The maximum atomic E-state index is 12.7. The number of fused-ring (bicyclic) bond motifs is 1. The highest BCUT2D eigenvalue weighted by Gasteiger charge is 2.38. The summed E-state index contributed by atoms with van der Waals surface area (Å²) in [4.78, 5) is 25.1. The number of aromatic nitrogens is 2. The van der Waals surface area contributed by atoms with Crippen LogP contribution < -0.4 is 15.6 Å². The highest BCUT2D eigenvalue weighted by atomic mass is 127. The number of rotatable bonds is 2. The molecule has 0 fully saturated rings. The predicted molar refractivity (Wildman–Crippen MR) is 100 cm³/mol. The number of phenolic OH excluding ortho intramolecular Hbond substituents is 1. The van der Waals surface area contributed by atoms with Crippen molar-refractivity contribution in [2.24, 2.45) is 0 Å². The fourth-order valence-electron chi connectivity index (χ4n) is 3.61. The van der Waals surface area contributed by atoms with Gasteiger partial charge in [0.15, 0.2) is 17.3 Å². The Morgan fingerprint density at radius 2 is 2.04 bits per heavy atom. The number of phenols is 1. The van der Waals surface area contributed by atoms with Crippen molar-refractivity contribution in [1.82, 2.24) is 10.2 Å². The number of nitrogens with one attached hydrogen (secondary N) is 3. The molecular formula is C17H16IN3O4. The van der Waals surface area contributed by atoms with E-state index in [0.29, 0.717) is 32.7 Å². The highest BCUT2D eigenvalue weighted by molar-refractivity contribution is 14.1. The third kappa shape index (κ3) is 2.46. The molecule has 1 aromatic carbocycles. The monoisotopic (exact) mass is 453 g/mol. The Morgan fingerprint density at radius 1 is 1.24 bits per heavy atom. The minimum atomic E-state index is -0.489. The number of hydrogen-bond donors (Lipinski definition) is 4. The van der Waals surface area contributed by atoms with Gasteiger partial charge in [-0.15, -0.1) is 0 Å². The topological polar surface area (TPSA) is 107 Å². The Balaban J connectivity index is 1.99. The van der Waals surface area contributed by atoms with Gasteiger partial charge in [-0.05, 0) is 53.1 Å². The fraction of sp³-hybridized carbons (Fsp3) is 0.294. The van der Waals surface area contributed by atoms with Crippen LogP contribution in [0.1, 0.15) is 36.3 Å². The van der Waals surface area contributed by atoms with Crippen molar-refractivity contribution in [2.45, 2.75) is 25.2 Å². The molecule has 7 nitrogen and oxygen atoms in total. The van der Waals surface area contributed by atoms with Crippen LogP contribution in [0.15, 0.2) is 28.2 Å². The van der Waals surface area contributed by atoms with Crippen molar-refractivity contribution in [3.8, 4) is 11.5 Å². The summed E-state index contributed by atoms with van der Waals surface area (Å²) in [5, 5.41) is 18.8. The first kappa shape index (κ1) is 16.2. The van der Waals surface area contributed by atoms with Crippen LogP contribution in [0, 0.1) is 3.57 Å². The quantitative estimate of drug-likeness (QED) is 0.523. The number of halogens is 1. The molecule has 0 radical (unpaired) electrons. The Labute approximate surface area is 156 Å². The third-order valence-electron chi connectivity index (χ3n) is 4.73. The molecule has 1 aliphatic heterocycles. The molecule has 8 heteroatoms. The lowest BCUT2D eigenvalue weighted by molar-refractivity contribution is -0.116. The number of methoxy groups -OCH3 is 1. The lowest BCUT2D eigenvalue weighted by atomic mass is 9.77. The van der Waals surface area contributed by atoms with E-state index in [9.17, 15) is 14.7 Å². The van der Waals surface area contributed by atoms with Gasteiger partial charge in [-0.3, -0.25) is 19.8 Å². The predicted octanol–water partition coefficient (Wildman–Crippen LogP) is 2.59. The zero-order valence-electron chi connectivity index (χ0n) is 13.4. The number of ketones is 1. The number of allylic oxidation sites excluding steroid dienone is 2. The van der Waals surface area contributed by atoms with Crippen LogP contribution in [-0.2, 0) is 4.79 Å². The Kier molecular flexibility index (Phi) is 3.86. The second kappa shape index (κ2) is 5.94. The molecule has 0 amide bonds. The first-order chi connectivity index (χ1) is 12.0. The molecule has 1 atom stereocenters. The van der Waals surface area contributed by atoms with Crippen molar-refractivity contribution in [3.63, 3.8) is 0 Å². The van der Waals surface area contributed by atoms with Crippen LogP contribution >= 0.6 is 22.6 Å². The SMILES string of the molecule is COc1cc([C@@H]2C3=C(CCCC3=O)Nc3[nH][nH]c(=O)c32)cc(I)c1O. The lowest BCUT2D eigenvalue weighted by Crippen LogP contribution is -2.29. The number of carbonyl (C=O) groups excluding carboxylic acids is 1. The summed E-state index contributed by atoms with van der Waals surface area (Å²) in [6.45, 7) is 0. The van der Waals surface area contributed by atoms with E-state index in [1.807, 2.05) is 22.6 Å². The molecular weight excluding hydrogens is 437 g/mol. The normalized spacial score (nSPS) is 19.3. The zero-order chi connectivity index (χ0) is 17.7. The van der Waals surface area contributed by atoms with E-state index >= 15 is 0 Å². The molecule has 0 bridgehead atoms. The van der Waals surface area contributed by atoms with Gasteiger partial charge in [-0.25, -0.2) is 0 Å². The van der Waals surface area contributed by atoms with Gasteiger partial charge in [0, 0.05) is 23.6 Å². The van der Waals surface area contributed by atoms with E-state index in [2.05, 4.69) is 15.5 Å². The molecule has 4 rings (SSSR count). The molecule has 0 saturated carbocycles. The minimum absolute atomic E-state index is 0.0482. The Morgan fingerprint density at radius 3 is 2.80 bits per heavy atom. The Bertz CT molecular complexity index is 973. The molecule has 4 N–H and O–H groups in total. The first-order valence-electron chi connectivity index (χ1n) is 7.91. The standard InChI is InChI=1S/C17H16IN3O4/c1-25-11-6-7(5-8(18)15(11)23)12-13-9(3-2-4-10(13)22)19-16-14(12)17(24)21-20-16/h5-6,12,23H,2-4H2,1H3,(H3,19,20,21,24)/t12-/m1/s1. The number of ether oxygens (including phenoxy) is 1. The average molecular weight is 453 g/mol. The highest BCUT2D eigenvalue weighted by Crippen LogP contribution is 2.45. The van der Waals surface area contributed by atoms with E-state index in [4.69, 9.17) is 4.74 Å². The third-order valence-corrected chi connectivity index (χ3v) is 5.55. The number of hydrogen-bond acceptors (Lipinski definition) is 5. The van der Waals surface area contributed by atoms with Gasteiger partial charge in [0.2, 0.25) is 0 Å². The number of anilines is 1. The largest absolute Gasteiger partial charge is 0.504 e. The smallest absolute Gasteiger partial charge is 0.270 e. The summed E-state index contributed by atoms with van der Waals surface area (Å²) in [6.07, 6.45) is 2.02. The Hall–Kier alpha value is -2.23. The van der Waals surface area contributed by atoms with Crippen LogP contribution in [-0.4, -0.2) is 28.2 Å². The van der Waals surface area contributed by atoms with Crippen LogP contribution in [0.4, 0.5) is 5.82 Å². The maximum Gasteiger partial charge on any atom is 0.270 e. The number of carbonyl (C=O) groups is 1. The van der Waals surface area contributed by atoms with Gasteiger partial charge in [-0.2, -0.15) is 0 Å². The zero-order valence-corrected chi connectivity index (χ0v) is 15.6. The molecule has 2 heterocycles. The van der Waals surface area contributed by atoms with E-state index in [0.717, 1.165) is 24.1 Å². The van der Waals surface area contributed by atoms with Crippen molar-refractivity contribution in [3.05, 3.63) is 48.5 Å². The summed E-state index contributed by atoms with van der Waals surface area (Å²) in [6, 6.07) is 3.48. The number of aromatic hydroxyl groups is 1. The van der Waals surface area contributed by atoms with Crippen molar-refractivity contribution >= 4 is 34.2 Å². The second-order valence-electron chi connectivity index (χ2n) is 6.15. The summed E-state index contributed by atoms with van der Waals surface area (Å²) in [5.74, 6) is 0.516. The summed E-state index contributed by atoms with van der Waals surface area (Å²) >= 11 is 2.01. The molecule has 2 aromatic rings. The summed E-state index contributed by atoms with van der Waals surface area (Å²) in [7, 11) is 1.47. The van der Waals surface area contributed by atoms with Crippen molar-refractivity contribution in [1.29, 1.82) is 0 Å². The summed E-state index contributed by atoms with van der Waals surface area (Å²) < 4.78 is 5.86. The van der Waals surface area contributed by atoms with E-state index in [1.165, 1.54) is 7.11 Å². The van der Waals surface area contributed by atoms with Gasteiger partial charge in [0.05, 0.1) is 16.2 Å².